The summed E-state index contributed by atoms with van der Waals surface area (Å²) < 4.78 is 77.8. The molecule has 12 heteroatoms. The van der Waals surface area contributed by atoms with E-state index in [-0.39, 0.29) is 11.8 Å². The molecule has 30 heavy (non-hydrogen) atoms. The molecule has 162 valence electrons. The lowest BCUT2D eigenvalue weighted by molar-refractivity contribution is -0.143. The van der Waals surface area contributed by atoms with Gasteiger partial charge in [0.1, 0.15) is 17.8 Å². The predicted octanol–water partition coefficient (Wildman–Crippen LogP) is 3.52. The second kappa shape index (κ2) is 8.09. The fourth-order valence-electron chi connectivity index (χ4n) is 2.90. The van der Waals surface area contributed by atoms with Crippen molar-refractivity contribution in [3.8, 4) is 0 Å². The van der Waals surface area contributed by atoms with E-state index >= 15 is 0 Å². The smallest absolute Gasteiger partial charge is 0.354 e. The maximum absolute atomic E-state index is 13.0. The molecule has 2 heterocycles. The van der Waals surface area contributed by atoms with Gasteiger partial charge in [-0.2, -0.15) is 26.3 Å². The number of hydrogen-bond acceptors (Lipinski definition) is 5. The largest absolute Gasteiger partial charge is 0.416 e. The lowest BCUT2D eigenvalue weighted by atomic mass is 10.1. The van der Waals surface area contributed by atoms with Gasteiger partial charge in [-0.1, -0.05) is 0 Å². The first-order chi connectivity index (χ1) is 13.9. The molecule has 0 atom stereocenters. The maximum Gasteiger partial charge on any atom is 0.416 e. The summed E-state index contributed by atoms with van der Waals surface area (Å²) in [5.41, 5.74) is -3.85. The van der Waals surface area contributed by atoms with Crippen LogP contribution < -0.4 is 10.2 Å². The number of aromatic nitrogens is 2. The van der Waals surface area contributed by atoms with Crippen LogP contribution in [0.4, 0.5) is 37.8 Å². The molecule has 1 amide bonds. The van der Waals surface area contributed by atoms with E-state index in [1.807, 2.05) is 11.9 Å². The third kappa shape index (κ3) is 5.17. The molecule has 1 aliphatic rings. The highest BCUT2D eigenvalue weighted by molar-refractivity contribution is 6.03. The van der Waals surface area contributed by atoms with Crippen molar-refractivity contribution < 1.29 is 31.1 Å². The van der Waals surface area contributed by atoms with Gasteiger partial charge in [-0.3, -0.25) is 4.79 Å². The predicted molar refractivity (Wildman–Crippen MR) is 96.1 cm³/mol. The number of rotatable bonds is 3. The van der Waals surface area contributed by atoms with Crippen molar-refractivity contribution in [1.82, 2.24) is 14.9 Å². The molecule has 1 aromatic carbocycles. The number of amides is 1. The normalized spacial score (nSPS) is 15.9. The molecule has 0 bridgehead atoms. The van der Waals surface area contributed by atoms with E-state index in [0.29, 0.717) is 31.0 Å². The minimum atomic E-state index is -5.01. The Morgan fingerprint density at radius 3 is 2.00 bits per heavy atom. The summed E-state index contributed by atoms with van der Waals surface area (Å²) >= 11 is 0. The van der Waals surface area contributed by atoms with E-state index in [2.05, 4.69) is 20.2 Å². The number of carbonyl (C=O) groups excluding carboxylic acids is 1. The Morgan fingerprint density at radius 1 is 0.900 bits per heavy atom. The van der Waals surface area contributed by atoms with Crippen LogP contribution >= 0.6 is 0 Å². The summed E-state index contributed by atoms with van der Waals surface area (Å²) in [7, 11) is 1.96. The second-order valence-electron chi connectivity index (χ2n) is 6.80. The van der Waals surface area contributed by atoms with Crippen LogP contribution in [0.2, 0.25) is 0 Å². The lowest BCUT2D eigenvalue weighted by Crippen LogP contribution is -2.44. The summed E-state index contributed by atoms with van der Waals surface area (Å²) in [6, 6.07) is 2.22. The average molecular weight is 433 g/mol. The molecule has 0 radical (unpaired) electrons. The number of benzene rings is 1. The number of nitrogens with one attached hydrogen (secondary N) is 1. The number of likely N-dealkylation sites (N-methyl/N-ethyl adjacent to an activating group) is 1. The molecule has 2 aromatic rings. The lowest BCUT2D eigenvalue weighted by Gasteiger charge is -2.33. The van der Waals surface area contributed by atoms with E-state index in [4.69, 9.17) is 0 Å². The van der Waals surface area contributed by atoms with Crippen LogP contribution in [0.25, 0.3) is 0 Å². The Labute approximate surface area is 167 Å². The van der Waals surface area contributed by atoms with E-state index in [0.717, 1.165) is 19.4 Å². The van der Waals surface area contributed by atoms with Crippen molar-refractivity contribution in [2.45, 2.75) is 12.4 Å². The third-order valence-electron chi connectivity index (χ3n) is 4.56. The standard InChI is InChI=1S/C18H17F6N5O/c1-28-2-4-29(5-3-28)15-9-14(25-10-26-15)16(30)27-13-7-11(17(19,20)21)6-12(8-13)18(22,23)24/h6-10H,2-5H2,1H3,(H,27,30). The van der Waals surface area contributed by atoms with Crippen LogP contribution in [-0.4, -0.2) is 54.0 Å². The van der Waals surface area contributed by atoms with E-state index < -0.39 is 35.1 Å². The van der Waals surface area contributed by atoms with Crippen molar-refractivity contribution in [2.75, 3.05) is 43.4 Å². The van der Waals surface area contributed by atoms with Gasteiger partial charge in [0.2, 0.25) is 0 Å². The van der Waals surface area contributed by atoms with Crippen LogP contribution in [-0.2, 0) is 12.4 Å². The first-order valence-electron chi connectivity index (χ1n) is 8.80. The Hall–Kier alpha value is -2.89. The van der Waals surface area contributed by atoms with Gasteiger partial charge in [-0.25, -0.2) is 9.97 Å². The molecule has 1 N–H and O–H groups in total. The highest BCUT2D eigenvalue weighted by Crippen LogP contribution is 2.37. The van der Waals surface area contributed by atoms with Crippen LogP contribution in [0, 0.1) is 0 Å². The summed E-state index contributed by atoms with van der Waals surface area (Å²) in [5, 5.41) is 2.06. The van der Waals surface area contributed by atoms with Crippen molar-refractivity contribution in [1.29, 1.82) is 0 Å². The zero-order valence-electron chi connectivity index (χ0n) is 15.7. The maximum atomic E-state index is 13.0. The monoisotopic (exact) mass is 433 g/mol. The number of alkyl halides is 6. The van der Waals surface area contributed by atoms with Crippen LogP contribution in [0.15, 0.2) is 30.6 Å². The Morgan fingerprint density at radius 2 is 1.47 bits per heavy atom. The third-order valence-corrected chi connectivity index (χ3v) is 4.56. The van der Waals surface area contributed by atoms with Gasteiger partial charge in [0.25, 0.3) is 5.91 Å². The molecule has 1 saturated heterocycles. The van der Waals surface area contributed by atoms with Gasteiger partial charge >= 0.3 is 12.4 Å². The van der Waals surface area contributed by atoms with Crippen LogP contribution in [0.3, 0.4) is 0 Å². The molecular formula is C18H17F6N5O. The topological polar surface area (TPSA) is 61.4 Å². The zero-order valence-corrected chi connectivity index (χ0v) is 15.7. The molecule has 1 aliphatic heterocycles. The van der Waals surface area contributed by atoms with Crippen molar-refractivity contribution in [3.63, 3.8) is 0 Å². The SMILES string of the molecule is CN1CCN(c2cc(C(=O)Nc3cc(C(F)(F)F)cc(C(F)(F)F)c3)ncn2)CC1. The van der Waals surface area contributed by atoms with Gasteiger partial charge in [-0.15, -0.1) is 0 Å². The second-order valence-corrected chi connectivity index (χ2v) is 6.80. The number of halogens is 6. The fourth-order valence-corrected chi connectivity index (χ4v) is 2.90. The van der Waals surface area contributed by atoms with Crippen LogP contribution in [0.5, 0.6) is 0 Å². The first kappa shape index (κ1) is 21.8. The molecule has 6 nitrogen and oxygen atoms in total. The zero-order chi connectivity index (χ0) is 22.1. The number of nitrogens with zero attached hydrogens (tertiary/aromatic N) is 4. The first-order valence-corrected chi connectivity index (χ1v) is 8.80. The highest BCUT2D eigenvalue weighted by Gasteiger charge is 2.37. The van der Waals surface area contributed by atoms with Gasteiger partial charge in [0.15, 0.2) is 0 Å². The Balaban J connectivity index is 1.84. The van der Waals surface area contributed by atoms with E-state index in [1.165, 1.54) is 6.07 Å². The highest BCUT2D eigenvalue weighted by atomic mass is 19.4. The number of hydrogen-bond donors (Lipinski definition) is 1. The van der Waals surface area contributed by atoms with Crippen molar-refractivity contribution in [3.05, 3.63) is 47.4 Å². The number of piperazine rings is 1. The molecular weight excluding hydrogens is 416 g/mol. The molecule has 0 aliphatic carbocycles. The van der Waals surface area contributed by atoms with Crippen LogP contribution in [0.1, 0.15) is 21.6 Å². The minimum Gasteiger partial charge on any atom is -0.354 e. The minimum absolute atomic E-state index is 0.00811. The summed E-state index contributed by atoms with van der Waals surface area (Å²) in [4.78, 5) is 24.3. The molecule has 0 spiro atoms. The number of carbonyl (C=O) groups is 1. The van der Waals surface area contributed by atoms with Gasteiger partial charge in [0, 0.05) is 37.9 Å². The average Bonchev–Trinajstić information content (AvgIpc) is 2.67. The molecule has 3 rings (SSSR count). The van der Waals surface area contributed by atoms with Gasteiger partial charge in [-0.05, 0) is 25.2 Å². The molecule has 1 fully saturated rings. The summed E-state index contributed by atoms with van der Waals surface area (Å²) in [6.45, 7) is 2.85. The fraction of sp³-hybridized carbons (Fsp3) is 0.389. The molecule has 0 saturated carbocycles. The van der Waals surface area contributed by atoms with E-state index in [9.17, 15) is 31.1 Å². The Bertz CT molecular complexity index is 890. The summed E-state index contributed by atoms with van der Waals surface area (Å²) in [5.74, 6) is -0.497. The van der Waals surface area contributed by atoms with Gasteiger partial charge < -0.3 is 15.1 Å². The van der Waals surface area contributed by atoms with Gasteiger partial charge in [0.05, 0.1) is 11.1 Å². The number of anilines is 2. The molecule has 1 aromatic heterocycles. The quantitative estimate of drug-likeness (QED) is 0.751. The summed E-state index contributed by atoms with van der Waals surface area (Å²) in [6.07, 6.45) is -8.90. The van der Waals surface area contributed by atoms with E-state index in [1.54, 1.807) is 0 Å². The van der Waals surface area contributed by atoms with Crippen molar-refractivity contribution in [2.24, 2.45) is 0 Å². The Kier molecular flexibility index (Phi) is 5.88. The molecule has 0 unspecified atom stereocenters. The van der Waals surface area contributed by atoms with Crippen molar-refractivity contribution >= 4 is 17.4 Å².